The lowest BCUT2D eigenvalue weighted by Crippen LogP contribution is -2.05. The van der Waals surface area contributed by atoms with E-state index in [1.165, 1.54) is 37.7 Å². The van der Waals surface area contributed by atoms with Crippen molar-refractivity contribution in [3.63, 3.8) is 0 Å². The van der Waals surface area contributed by atoms with Crippen molar-refractivity contribution in [1.29, 1.82) is 0 Å². The molecule has 0 amide bonds. The van der Waals surface area contributed by atoms with Gasteiger partial charge in [0.1, 0.15) is 0 Å². The number of hydrogen-bond donors (Lipinski definition) is 1. The van der Waals surface area contributed by atoms with E-state index in [9.17, 15) is 4.79 Å². The second-order valence-electron chi connectivity index (χ2n) is 6.65. The summed E-state index contributed by atoms with van der Waals surface area (Å²) >= 11 is 0. The molecule has 0 radical (unpaired) electrons. The number of rotatable bonds is 12. The number of unbranched alkanes of at least 4 members (excludes halogenated alkanes) is 7. The molecule has 1 N–H and O–H groups in total. The first-order chi connectivity index (χ1) is 12.3. The molecule has 2 aromatic rings. The van der Waals surface area contributed by atoms with Crippen molar-refractivity contribution in [2.45, 2.75) is 57.8 Å². The van der Waals surface area contributed by atoms with Crippen LogP contribution >= 0.6 is 0 Å². The summed E-state index contributed by atoms with van der Waals surface area (Å²) in [6.45, 7) is 0.321. The Bertz CT molecular complexity index is 619. The lowest BCUT2D eigenvalue weighted by atomic mass is 9.95. The molecule has 2 heteroatoms. The largest absolute Gasteiger partial charge is 0.396 e. The average Bonchev–Trinajstić information content (AvgIpc) is 2.67. The Morgan fingerprint density at radius 1 is 0.680 bits per heavy atom. The Hall–Kier alpha value is -1.93. The summed E-state index contributed by atoms with van der Waals surface area (Å²) in [5.41, 5.74) is 2.77. The lowest BCUT2D eigenvalue weighted by molar-refractivity contribution is 0.103. The molecule has 2 rings (SSSR count). The van der Waals surface area contributed by atoms with Crippen LogP contribution in [0.4, 0.5) is 0 Å². The Morgan fingerprint density at radius 3 is 1.92 bits per heavy atom. The number of carbonyl (C=O) groups excluding carboxylic acids is 1. The van der Waals surface area contributed by atoms with Crippen molar-refractivity contribution in [2.75, 3.05) is 6.61 Å². The van der Waals surface area contributed by atoms with Gasteiger partial charge in [0.15, 0.2) is 5.78 Å². The SMILES string of the molecule is O=C(c1ccccc1)c1ccccc1CCCCCCCCCCO. The van der Waals surface area contributed by atoms with E-state index in [4.69, 9.17) is 5.11 Å². The predicted molar refractivity (Wildman–Crippen MR) is 104 cm³/mol. The Kier molecular flexibility index (Phi) is 9.00. The second kappa shape index (κ2) is 11.6. The number of ketones is 1. The monoisotopic (exact) mass is 338 g/mol. The number of carbonyl (C=O) groups is 1. The van der Waals surface area contributed by atoms with Gasteiger partial charge in [0.2, 0.25) is 0 Å². The summed E-state index contributed by atoms with van der Waals surface area (Å²) in [6.07, 6.45) is 10.4. The van der Waals surface area contributed by atoms with Gasteiger partial charge >= 0.3 is 0 Å². The second-order valence-corrected chi connectivity index (χ2v) is 6.65. The van der Waals surface area contributed by atoms with Crippen molar-refractivity contribution >= 4 is 5.78 Å². The maximum absolute atomic E-state index is 12.7. The summed E-state index contributed by atoms with van der Waals surface area (Å²) in [7, 11) is 0. The summed E-state index contributed by atoms with van der Waals surface area (Å²) < 4.78 is 0. The fraction of sp³-hybridized carbons (Fsp3) is 0.435. The Labute approximate surface area is 151 Å². The van der Waals surface area contributed by atoms with Crippen molar-refractivity contribution in [1.82, 2.24) is 0 Å². The van der Waals surface area contributed by atoms with E-state index in [2.05, 4.69) is 6.07 Å². The highest BCUT2D eigenvalue weighted by Crippen LogP contribution is 2.18. The highest BCUT2D eigenvalue weighted by molar-refractivity contribution is 6.09. The molecule has 0 aliphatic carbocycles. The molecule has 0 aliphatic rings. The van der Waals surface area contributed by atoms with E-state index in [1.807, 2.05) is 48.5 Å². The molecule has 0 heterocycles. The first-order valence-electron chi connectivity index (χ1n) is 9.61. The fourth-order valence-electron chi connectivity index (χ4n) is 3.19. The zero-order chi connectivity index (χ0) is 17.7. The molecule has 0 spiro atoms. The maximum atomic E-state index is 12.7. The Balaban J connectivity index is 1.76. The number of aliphatic hydroxyl groups excluding tert-OH is 1. The summed E-state index contributed by atoms with van der Waals surface area (Å²) in [5, 5.41) is 8.76. The third kappa shape index (κ3) is 6.83. The summed E-state index contributed by atoms with van der Waals surface area (Å²) in [4.78, 5) is 12.7. The summed E-state index contributed by atoms with van der Waals surface area (Å²) in [5.74, 6) is 0.125. The molecule has 0 bridgehead atoms. The number of aliphatic hydroxyl groups is 1. The first kappa shape index (κ1) is 19.4. The van der Waals surface area contributed by atoms with Crippen LogP contribution in [0, 0.1) is 0 Å². The van der Waals surface area contributed by atoms with Crippen LogP contribution in [0.25, 0.3) is 0 Å². The van der Waals surface area contributed by atoms with Gasteiger partial charge in [-0.2, -0.15) is 0 Å². The molecule has 0 fully saturated rings. The lowest BCUT2D eigenvalue weighted by Gasteiger charge is -2.09. The zero-order valence-electron chi connectivity index (χ0n) is 15.1. The predicted octanol–water partition coefficient (Wildman–Crippen LogP) is 5.57. The number of benzene rings is 2. The minimum Gasteiger partial charge on any atom is -0.396 e. The van der Waals surface area contributed by atoms with Gasteiger partial charge in [0.25, 0.3) is 0 Å². The van der Waals surface area contributed by atoms with Crippen molar-refractivity contribution in [3.8, 4) is 0 Å². The highest BCUT2D eigenvalue weighted by atomic mass is 16.2. The van der Waals surface area contributed by atoms with Gasteiger partial charge in [0, 0.05) is 17.7 Å². The van der Waals surface area contributed by atoms with E-state index in [1.54, 1.807) is 0 Å². The summed E-state index contributed by atoms with van der Waals surface area (Å²) in [6, 6.07) is 17.5. The number of aryl methyl sites for hydroxylation is 1. The van der Waals surface area contributed by atoms with E-state index in [-0.39, 0.29) is 5.78 Å². The molecule has 2 aromatic carbocycles. The third-order valence-corrected chi connectivity index (χ3v) is 4.65. The quantitative estimate of drug-likeness (QED) is 0.405. The van der Waals surface area contributed by atoms with Crippen LogP contribution in [0.3, 0.4) is 0 Å². The van der Waals surface area contributed by atoms with Gasteiger partial charge in [-0.1, -0.05) is 93.1 Å². The molecule has 0 atom stereocenters. The Morgan fingerprint density at radius 2 is 1.24 bits per heavy atom. The van der Waals surface area contributed by atoms with E-state index < -0.39 is 0 Å². The highest BCUT2D eigenvalue weighted by Gasteiger charge is 2.12. The number of hydrogen-bond acceptors (Lipinski definition) is 2. The van der Waals surface area contributed by atoms with Gasteiger partial charge in [-0.25, -0.2) is 0 Å². The molecule has 25 heavy (non-hydrogen) atoms. The molecular formula is C23H30O2. The first-order valence-corrected chi connectivity index (χ1v) is 9.61. The molecule has 0 aliphatic heterocycles. The van der Waals surface area contributed by atoms with Gasteiger partial charge < -0.3 is 5.11 Å². The van der Waals surface area contributed by atoms with Gasteiger partial charge in [-0.05, 0) is 24.8 Å². The maximum Gasteiger partial charge on any atom is 0.193 e. The standard InChI is InChI=1S/C23H30O2/c24-19-13-6-4-2-1-3-5-8-14-20-15-11-12-18-22(20)23(25)21-16-9-7-10-17-21/h7,9-12,15-18,24H,1-6,8,13-14,19H2. The van der Waals surface area contributed by atoms with Crippen LogP contribution in [-0.4, -0.2) is 17.5 Å². The molecule has 0 unspecified atom stereocenters. The van der Waals surface area contributed by atoms with Crippen LogP contribution in [0.1, 0.15) is 72.9 Å². The van der Waals surface area contributed by atoms with Crippen LogP contribution < -0.4 is 0 Å². The van der Waals surface area contributed by atoms with E-state index in [0.29, 0.717) is 6.61 Å². The van der Waals surface area contributed by atoms with Crippen molar-refractivity contribution in [3.05, 3.63) is 71.3 Å². The minimum absolute atomic E-state index is 0.125. The topological polar surface area (TPSA) is 37.3 Å². The van der Waals surface area contributed by atoms with Gasteiger partial charge in [-0.3, -0.25) is 4.79 Å². The average molecular weight is 338 g/mol. The molecule has 0 saturated carbocycles. The molecule has 0 aromatic heterocycles. The van der Waals surface area contributed by atoms with Gasteiger partial charge in [0.05, 0.1) is 0 Å². The molecule has 0 saturated heterocycles. The van der Waals surface area contributed by atoms with Crippen molar-refractivity contribution in [2.24, 2.45) is 0 Å². The van der Waals surface area contributed by atoms with E-state index in [0.717, 1.165) is 36.8 Å². The van der Waals surface area contributed by atoms with Crippen molar-refractivity contribution < 1.29 is 9.90 Å². The molecule has 2 nitrogen and oxygen atoms in total. The minimum atomic E-state index is 0.125. The smallest absolute Gasteiger partial charge is 0.193 e. The van der Waals surface area contributed by atoms with Crippen LogP contribution in [0.2, 0.25) is 0 Å². The van der Waals surface area contributed by atoms with Crippen LogP contribution in [0.5, 0.6) is 0 Å². The van der Waals surface area contributed by atoms with Gasteiger partial charge in [-0.15, -0.1) is 0 Å². The normalized spacial score (nSPS) is 10.8. The third-order valence-electron chi connectivity index (χ3n) is 4.65. The molecule has 134 valence electrons. The zero-order valence-corrected chi connectivity index (χ0v) is 15.1. The van der Waals surface area contributed by atoms with Crippen LogP contribution in [0.15, 0.2) is 54.6 Å². The van der Waals surface area contributed by atoms with E-state index >= 15 is 0 Å². The molecular weight excluding hydrogens is 308 g/mol. The fourth-order valence-corrected chi connectivity index (χ4v) is 3.19. The van der Waals surface area contributed by atoms with Crippen LogP contribution in [-0.2, 0) is 6.42 Å².